The number of aryl methyl sites for hydroxylation is 1. The summed E-state index contributed by atoms with van der Waals surface area (Å²) in [6, 6.07) is 6.03. The first-order valence-corrected chi connectivity index (χ1v) is 7.00. The van der Waals surface area contributed by atoms with Crippen molar-refractivity contribution in [3.05, 3.63) is 47.1 Å². The van der Waals surface area contributed by atoms with Crippen LogP contribution in [0.15, 0.2) is 39.8 Å². The summed E-state index contributed by atoms with van der Waals surface area (Å²) in [5.74, 6) is 0.949. The SMILES string of the molecule is Cc1cnc(CNS(=O)(=O)c2cccc(Cl)c2)o1. The molecule has 1 N–H and O–H groups in total. The van der Waals surface area contributed by atoms with Crippen LogP contribution in [0.25, 0.3) is 0 Å². The number of hydrogen-bond acceptors (Lipinski definition) is 4. The molecule has 0 aliphatic heterocycles. The Morgan fingerprint density at radius 3 is 2.83 bits per heavy atom. The Morgan fingerprint density at radius 2 is 2.22 bits per heavy atom. The molecule has 1 aromatic heterocycles. The summed E-state index contributed by atoms with van der Waals surface area (Å²) in [6.45, 7) is 1.74. The van der Waals surface area contributed by atoms with Gasteiger partial charge in [-0.3, -0.25) is 0 Å². The van der Waals surface area contributed by atoms with Gasteiger partial charge in [-0.1, -0.05) is 17.7 Å². The van der Waals surface area contributed by atoms with Gasteiger partial charge in [-0.15, -0.1) is 0 Å². The molecule has 0 saturated heterocycles. The summed E-state index contributed by atoms with van der Waals surface area (Å²) >= 11 is 5.75. The zero-order valence-corrected chi connectivity index (χ0v) is 11.1. The molecule has 0 saturated carbocycles. The van der Waals surface area contributed by atoms with Crippen LogP contribution < -0.4 is 4.72 Å². The molecule has 0 fully saturated rings. The molecule has 5 nitrogen and oxygen atoms in total. The number of oxazole rings is 1. The number of nitrogens with zero attached hydrogens (tertiary/aromatic N) is 1. The Hall–Kier alpha value is -1.37. The van der Waals surface area contributed by atoms with Crippen molar-refractivity contribution in [3.8, 4) is 0 Å². The van der Waals surface area contributed by atoms with E-state index in [2.05, 4.69) is 9.71 Å². The van der Waals surface area contributed by atoms with E-state index >= 15 is 0 Å². The maximum absolute atomic E-state index is 11.9. The van der Waals surface area contributed by atoms with Crippen LogP contribution >= 0.6 is 11.6 Å². The van der Waals surface area contributed by atoms with Gasteiger partial charge < -0.3 is 4.42 Å². The maximum atomic E-state index is 11.9. The predicted octanol–water partition coefficient (Wildman–Crippen LogP) is 2.11. The fraction of sp³-hybridized carbons (Fsp3) is 0.182. The Morgan fingerprint density at radius 1 is 1.44 bits per heavy atom. The van der Waals surface area contributed by atoms with Crippen molar-refractivity contribution >= 4 is 21.6 Å². The Labute approximate surface area is 110 Å². The average molecular weight is 287 g/mol. The van der Waals surface area contributed by atoms with Gasteiger partial charge >= 0.3 is 0 Å². The molecule has 0 aliphatic carbocycles. The Bertz CT molecular complexity index is 652. The first-order chi connectivity index (χ1) is 8.47. The molecule has 0 spiro atoms. The monoisotopic (exact) mass is 286 g/mol. The minimum Gasteiger partial charge on any atom is -0.445 e. The van der Waals surface area contributed by atoms with E-state index in [0.717, 1.165) is 0 Å². The van der Waals surface area contributed by atoms with E-state index in [1.54, 1.807) is 19.1 Å². The van der Waals surface area contributed by atoms with E-state index in [9.17, 15) is 8.42 Å². The van der Waals surface area contributed by atoms with Crippen molar-refractivity contribution in [2.45, 2.75) is 18.4 Å². The normalized spacial score (nSPS) is 11.7. The lowest BCUT2D eigenvalue weighted by Crippen LogP contribution is -2.23. The van der Waals surface area contributed by atoms with E-state index in [1.807, 2.05) is 0 Å². The van der Waals surface area contributed by atoms with E-state index in [4.69, 9.17) is 16.0 Å². The van der Waals surface area contributed by atoms with Crippen molar-refractivity contribution in [1.82, 2.24) is 9.71 Å². The molecule has 0 amide bonds. The minimum absolute atomic E-state index is 0.00267. The second-order valence-electron chi connectivity index (χ2n) is 3.65. The van der Waals surface area contributed by atoms with Crippen molar-refractivity contribution in [2.24, 2.45) is 0 Å². The molecular weight excluding hydrogens is 276 g/mol. The van der Waals surface area contributed by atoms with Gasteiger partial charge in [-0.2, -0.15) is 0 Å². The molecule has 0 bridgehead atoms. The number of aromatic nitrogens is 1. The molecule has 1 heterocycles. The summed E-state index contributed by atoms with van der Waals surface area (Å²) in [5.41, 5.74) is 0. The average Bonchev–Trinajstić information content (AvgIpc) is 2.73. The van der Waals surface area contributed by atoms with Crippen LogP contribution in [-0.4, -0.2) is 13.4 Å². The first kappa shape index (κ1) is 13.1. The van der Waals surface area contributed by atoms with Crippen LogP contribution in [0.3, 0.4) is 0 Å². The largest absolute Gasteiger partial charge is 0.445 e. The third-order valence-corrected chi connectivity index (χ3v) is 3.82. The minimum atomic E-state index is -3.61. The van der Waals surface area contributed by atoms with Crippen molar-refractivity contribution in [3.63, 3.8) is 0 Å². The van der Waals surface area contributed by atoms with Gasteiger partial charge in [0.2, 0.25) is 15.9 Å². The number of benzene rings is 1. The molecule has 2 aromatic rings. The van der Waals surface area contributed by atoms with Gasteiger partial charge in [0.05, 0.1) is 17.6 Å². The van der Waals surface area contributed by atoms with Crippen molar-refractivity contribution in [2.75, 3.05) is 0 Å². The highest BCUT2D eigenvalue weighted by molar-refractivity contribution is 7.89. The number of halogens is 1. The zero-order valence-electron chi connectivity index (χ0n) is 9.55. The highest BCUT2D eigenvalue weighted by Gasteiger charge is 2.15. The molecule has 0 atom stereocenters. The second kappa shape index (κ2) is 5.09. The lowest BCUT2D eigenvalue weighted by molar-refractivity contribution is 0.463. The molecule has 0 unspecified atom stereocenters. The highest BCUT2D eigenvalue weighted by atomic mass is 35.5. The van der Waals surface area contributed by atoms with E-state index in [0.29, 0.717) is 16.7 Å². The van der Waals surface area contributed by atoms with Gasteiger partial charge in [0.1, 0.15) is 5.76 Å². The third kappa shape index (κ3) is 3.10. The van der Waals surface area contributed by atoms with E-state index in [1.165, 1.54) is 18.3 Å². The molecule has 7 heteroatoms. The van der Waals surface area contributed by atoms with E-state index < -0.39 is 10.0 Å². The lowest BCUT2D eigenvalue weighted by Gasteiger charge is -2.04. The van der Waals surface area contributed by atoms with E-state index in [-0.39, 0.29) is 11.4 Å². The van der Waals surface area contributed by atoms with Gasteiger partial charge in [0.15, 0.2) is 0 Å². The number of hydrogen-bond donors (Lipinski definition) is 1. The predicted molar refractivity (Wildman–Crippen MR) is 66.7 cm³/mol. The lowest BCUT2D eigenvalue weighted by atomic mass is 10.4. The summed E-state index contributed by atoms with van der Waals surface area (Å²) < 4.78 is 31.4. The quantitative estimate of drug-likeness (QED) is 0.934. The standard InChI is InChI=1S/C11H11ClN2O3S/c1-8-6-13-11(17-8)7-14-18(15,16)10-4-2-3-9(12)5-10/h2-6,14H,7H2,1H3. The molecule has 0 radical (unpaired) electrons. The highest BCUT2D eigenvalue weighted by Crippen LogP contribution is 2.15. The summed E-state index contributed by atoms with van der Waals surface area (Å²) in [7, 11) is -3.61. The van der Waals surface area contributed by atoms with Crippen LogP contribution in [0.5, 0.6) is 0 Å². The van der Waals surface area contributed by atoms with Crippen LogP contribution in [0.2, 0.25) is 5.02 Å². The topological polar surface area (TPSA) is 72.2 Å². The smallest absolute Gasteiger partial charge is 0.241 e. The van der Waals surface area contributed by atoms with Crippen molar-refractivity contribution in [1.29, 1.82) is 0 Å². The van der Waals surface area contributed by atoms with Gasteiger partial charge in [-0.25, -0.2) is 18.1 Å². The zero-order chi connectivity index (χ0) is 13.2. The summed E-state index contributed by atoms with van der Waals surface area (Å²) in [5, 5.41) is 0.366. The van der Waals surface area contributed by atoms with Crippen LogP contribution in [0.4, 0.5) is 0 Å². The fourth-order valence-electron chi connectivity index (χ4n) is 1.36. The number of rotatable bonds is 4. The van der Waals surface area contributed by atoms with Gasteiger partial charge in [0.25, 0.3) is 0 Å². The van der Waals surface area contributed by atoms with Gasteiger partial charge in [0, 0.05) is 5.02 Å². The third-order valence-electron chi connectivity index (χ3n) is 2.19. The Balaban J connectivity index is 2.13. The molecule has 18 heavy (non-hydrogen) atoms. The van der Waals surface area contributed by atoms with Crippen LogP contribution in [0.1, 0.15) is 11.7 Å². The first-order valence-electron chi connectivity index (χ1n) is 5.14. The number of nitrogens with one attached hydrogen (secondary N) is 1. The van der Waals surface area contributed by atoms with Crippen LogP contribution in [-0.2, 0) is 16.6 Å². The fourth-order valence-corrected chi connectivity index (χ4v) is 2.63. The molecule has 2 rings (SSSR count). The summed E-state index contributed by atoms with van der Waals surface area (Å²) in [6.07, 6.45) is 1.53. The second-order valence-corrected chi connectivity index (χ2v) is 5.85. The van der Waals surface area contributed by atoms with Crippen molar-refractivity contribution < 1.29 is 12.8 Å². The molecule has 96 valence electrons. The summed E-state index contributed by atoms with van der Waals surface area (Å²) in [4.78, 5) is 4.02. The molecular formula is C11H11ClN2O3S. The molecule has 1 aromatic carbocycles. The van der Waals surface area contributed by atoms with Gasteiger partial charge in [-0.05, 0) is 25.1 Å². The Kier molecular flexibility index (Phi) is 3.70. The maximum Gasteiger partial charge on any atom is 0.241 e. The number of sulfonamides is 1. The molecule has 0 aliphatic rings. The van der Waals surface area contributed by atoms with Crippen LogP contribution in [0, 0.1) is 6.92 Å².